The minimum atomic E-state index is -3.96. The fourth-order valence-electron chi connectivity index (χ4n) is 3.69. The minimum absolute atomic E-state index is 0.0822. The summed E-state index contributed by atoms with van der Waals surface area (Å²) in [5, 5.41) is 14.4. The molecule has 1 aromatic heterocycles. The molecule has 0 aliphatic heterocycles. The number of methoxy groups -OCH3 is 1. The quantitative estimate of drug-likeness (QED) is 0.387. The number of anilines is 1. The van der Waals surface area contributed by atoms with Crippen LogP contribution in [0.4, 0.5) is 5.69 Å². The molecule has 0 aliphatic rings. The average molecular weight is 473 g/mol. The summed E-state index contributed by atoms with van der Waals surface area (Å²) < 4.78 is 35.9. The van der Waals surface area contributed by atoms with Crippen molar-refractivity contribution >= 4 is 15.7 Å². The Labute approximate surface area is 199 Å². The Bertz CT molecular complexity index is 1440. The van der Waals surface area contributed by atoms with Crippen molar-refractivity contribution in [3.63, 3.8) is 0 Å². The number of ether oxygens (including phenoxy) is 1. The van der Waals surface area contributed by atoms with E-state index in [1.165, 1.54) is 4.31 Å². The summed E-state index contributed by atoms with van der Waals surface area (Å²) in [4.78, 5) is 0.162. The standard InChI is InChI=1S/C26H24N4O3S/c1-19-9-15-24(16-10-19)34(31,32)29(21-11-13-23(33-3)14-12-21)18-26-25(17-27)20(2)28-30(26)22-7-5-4-6-8-22/h4-16H,18H2,1-3H3. The van der Waals surface area contributed by atoms with E-state index in [0.29, 0.717) is 28.4 Å². The van der Waals surface area contributed by atoms with Crippen molar-refractivity contribution in [2.75, 3.05) is 11.4 Å². The van der Waals surface area contributed by atoms with Gasteiger partial charge in [0, 0.05) is 0 Å². The molecule has 0 spiro atoms. The summed E-state index contributed by atoms with van der Waals surface area (Å²) in [5.41, 5.74) is 3.51. The lowest BCUT2D eigenvalue weighted by Crippen LogP contribution is -2.31. The first-order valence-electron chi connectivity index (χ1n) is 10.6. The van der Waals surface area contributed by atoms with Crippen LogP contribution < -0.4 is 9.04 Å². The summed E-state index contributed by atoms with van der Waals surface area (Å²) >= 11 is 0. The highest BCUT2D eigenvalue weighted by atomic mass is 32.2. The molecule has 0 unspecified atom stereocenters. The van der Waals surface area contributed by atoms with Crippen molar-refractivity contribution in [3.8, 4) is 17.5 Å². The normalized spacial score (nSPS) is 11.1. The fraction of sp³-hybridized carbons (Fsp3) is 0.154. The Morgan fingerprint density at radius 2 is 1.62 bits per heavy atom. The molecule has 0 fully saturated rings. The zero-order valence-electron chi connectivity index (χ0n) is 19.1. The molecule has 0 aliphatic carbocycles. The van der Waals surface area contributed by atoms with Crippen LogP contribution >= 0.6 is 0 Å². The Morgan fingerprint density at radius 3 is 2.21 bits per heavy atom. The van der Waals surface area contributed by atoms with Crippen molar-refractivity contribution in [2.45, 2.75) is 25.3 Å². The monoisotopic (exact) mass is 472 g/mol. The number of nitrogens with zero attached hydrogens (tertiary/aromatic N) is 4. The van der Waals surface area contributed by atoms with E-state index < -0.39 is 10.0 Å². The van der Waals surface area contributed by atoms with Gasteiger partial charge in [-0.3, -0.25) is 4.31 Å². The Morgan fingerprint density at radius 1 is 0.971 bits per heavy atom. The van der Waals surface area contributed by atoms with Gasteiger partial charge in [-0.15, -0.1) is 0 Å². The van der Waals surface area contributed by atoms with Crippen molar-refractivity contribution < 1.29 is 13.2 Å². The molecule has 7 nitrogen and oxygen atoms in total. The van der Waals surface area contributed by atoms with Gasteiger partial charge in [0.1, 0.15) is 11.8 Å². The number of para-hydroxylation sites is 1. The van der Waals surface area contributed by atoms with Gasteiger partial charge in [-0.1, -0.05) is 35.9 Å². The van der Waals surface area contributed by atoms with E-state index in [2.05, 4.69) is 11.2 Å². The van der Waals surface area contributed by atoms with Crippen LogP contribution in [0.3, 0.4) is 0 Å². The largest absolute Gasteiger partial charge is 0.497 e. The van der Waals surface area contributed by atoms with E-state index in [1.54, 1.807) is 67.2 Å². The van der Waals surface area contributed by atoms with Crippen LogP contribution in [0, 0.1) is 25.2 Å². The number of rotatable bonds is 7. The van der Waals surface area contributed by atoms with E-state index in [9.17, 15) is 13.7 Å². The second-order valence-corrected chi connectivity index (χ2v) is 9.65. The maximum absolute atomic E-state index is 13.8. The van der Waals surface area contributed by atoms with E-state index in [-0.39, 0.29) is 11.4 Å². The van der Waals surface area contributed by atoms with Crippen LogP contribution in [0.15, 0.2) is 83.8 Å². The van der Waals surface area contributed by atoms with Gasteiger partial charge >= 0.3 is 0 Å². The second-order valence-electron chi connectivity index (χ2n) is 7.79. The number of aromatic nitrogens is 2. The first-order chi connectivity index (χ1) is 16.3. The lowest BCUT2D eigenvalue weighted by Gasteiger charge is -2.25. The molecular formula is C26H24N4O3S. The number of hydrogen-bond acceptors (Lipinski definition) is 5. The number of hydrogen-bond donors (Lipinski definition) is 0. The molecular weight excluding hydrogens is 448 g/mol. The lowest BCUT2D eigenvalue weighted by atomic mass is 10.2. The van der Waals surface area contributed by atoms with Gasteiger partial charge in [-0.05, 0) is 62.4 Å². The molecule has 0 atom stereocenters. The molecule has 0 N–H and O–H groups in total. The van der Waals surface area contributed by atoms with Gasteiger partial charge in [0.2, 0.25) is 0 Å². The molecule has 172 valence electrons. The fourth-order valence-corrected chi connectivity index (χ4v) is 5.11. The van der Waals surface area contributed by atoms with Gasteiger partial charge < -0.3 is 4.74 Å². The molecule has 8 heteroatoms. The third-order valence-electron chi connectivity index (χ3n) is 5.53. The van der Waals surface area contributed by atoms with Gasteiger partial charge in [-0.2, -0.15) is 10.4 Å². The Kier molecular flexibility index (Phi) is 6.39. The highest BCUT2D eigenvalue weighted by Crippen LogP contribution is 2.30. The summed E-state index contributed by atoms with van der Waals surface area (Å²) in [6.07, 6.45) is 0. The lowest BCUT2D eigenvalue weighted by molar-refractivity contribution is 0.415. The molecule has 4 rings (SSSR count). The van der Waals surface area contributed by atoms with Crippen LogP contribution in [-0.2, 0) is 16.6 Å². The predicted octanol–water partition coefficient (Wildman–Crippen LogP) is 4.76. The topological polar surface area (TPSA) is 88.2 Å². The van der Waals surface area contributed by atoms with E-state index >= 15 is 0 Å². The molecule has 34 heavy (non-hydrogen) atoms. The van der Waals surface area contributed by atoms with E-state index in [1.807, 2.05) is 37.3 Å². The van der Waals surface area contributed by atoms with Crippen molar-refractivity contribution in [1.29, 1.82) is 5.26 Å². The van der Waals surface area contributed by atoms with Gasteiger partial charge in [-0.25, -0.2) is 13.1 Å². The first kappa shape index (κ1) is 23.1. The van der Waals surface area contributed by atoms with Crippen molar-refractivity contribution in [3.05, 3.63) is 101 Å². The Hall–Kier alpha value is -4.09. The van der Waals surface area contributed by atoms with E-state index in [0.717, 1.165) is 11.3 Å². The molecule has 0 radical (unpaired) electrons. The van der Waals surface area contributed by atoms with Gasteiger partial charge in [0.25, 0.3) is 10.0 Å². The minimum Gasteiger partial charge on any atom is -0.497 e. The second kappa shape index (κ2) is 9.41. The zero-order chi connectivity index (χ0) is 24.3. The predicted molar refractivity (Wildman–Crippen MR) is 131 cm³/mol. The third kappa shape index (κ3) is 4.38. The maximum atomic E-state index is 13.8. The number of nitriles is 1. The molecule has 0 saturated heterocycles. The van der Waals surface area contributed by atoms with Crippen LogP contribution in [0.1, 0.15) is 22.5 Å². The van der Waals surface area contributed by atoms with Crippen LogP contribution in [0.25, 0.3) is 5.69 Å². The SMILES string of the molecule is COc1ccc(N(Cc2c(C#N)c(C)nn2-c2ccccc2)S(=O)(=O)c2ccc(C)cc2)cc1. The summed E-state index contributed by atoms with van der Waals surface area (Å²) in [7, 11) is -2.41. The third-order valence-corrected chi connectivity index (χ3v) is 7.32. The molecule has 0 amide bonds. The Balaban J connectivity index is 1.89. The van der Waals surface area contributed by atoms with Crippen LogP contribution in [0.5, 0.6) is 5.75 Å². The molecule has 0 saturated carbocycles. The van der Waals surface area contributed by atoms with Crippen molar-refractivity contribution in [2.24, 2.45) is 0 Å². The maximum Gasteiger partial charge on any atom is 0.264 e. The summed E-state index contributed by atoms with van der Waals surface area (Å²) in [6.45, 7) is 3.56. The van der Waals surface area contributed by atoms with Crippen LogP contribution in [-0.4, -0.2) is 25.3 Å². The molecule has 1 heterocycles. The first-order valence-corrected chi connectivity index (χ1v) is 12.1. The van der Waals surface area contributed by atoms with Crippen LogP contribution in [0.2, 0.25) is 0 Å². The summed E-state index contributed by atoms with van der Waals surface area (Å²) in [6, 6.07) is 25.0. The molecule has 0 bridgehead atoms. The number of sulfonamides is 1. The average Bonchev–Trinajstić information content (AvgIpc) is 3.18. The highest BCUT2D eigenvalue weighted by Gasteiger charge is 2.29. The highest BCUT2D eigenvalue weighted by molar-refractivity contribution is 7.92. The van der Waals surface area contributed by atoms with E-state index in [4.69, 9.17) is 4.74 Å². The van der Waals surface area contributed by atoms with Crippen molar-refractivity contribution in [1.82, 2.24) is 9.78 Å². The molecule has 3 aromatic carbocycles. The number of aryl methyl sites for hydroxylation is 2. The van der Waals surface area contributed by atoms with Gasteiger partial charge in [0.05, 0.1) is 46.9 Å². The summed E-state index contributed by atoms with van der Waals surface area (Å²) in [5.74, 6) is 0.610. The van der Waals surface area contributed by atoms with Gasteiger partial charge in [0.15, 0.2) is 0 Å². The smallest absolute Gasteiger partial charge is 0.264 e. The number of benzene rings is 3. The molecule has 4 aromatic rings. The zero-order valence-corrected chi connectivity index (χ0v) is 20.0.